The van der Waals surface area contributed by atoms with Gasteiger partial charge in [-0.05, 0) is 25.0 Å². The summed E-state index contributed by atoms with van der Waals surface area (Å²) in [5.74, 6) is -1.08. The molecule has 0 aromatic carbocycles. The number of carbonyl (C=O) groups is 1. The Morgan fingerprint density at radius 2 is 2.04 bits per heavy atom. The molecule has 3 N–H and O–H groups in total. The van der Waals surface area contributed by atoms with Crippen molar-refractivity contribution in [3.8, 4) is 0 Å². The fourth-order valence-corrected chi connectivity index (χ4v) is 3.09. The van der Waals surface area contributed by atoms with Crippen LogP contribution in [-0.2, 0) is 6.18 Å². The van der Waals surface area contributed by atoms with Gasteiger partial charge in [-0.25, -0.2) is 9.78 Å². The van der Waals surface area contributed by atoms with Gasteiger partial charge in [0.05, 0.1) is 16.3 Å². The Morgan fingerprint density at radius 3 is 2.58 bits per heavy atom. The normalized spacial score (nSPS) is 14.4. The Balaban J connectivity index is 1.78. The number of aromatic nitrogens is 3. The van der Waals surface area contributed by atoms with Crippen LogP contribution in [0.5, 0.6) is 0 Å². The summed E-state index contributed by atoms with van der Waals surface area (Å²) in [7, 11) is 0. The van der Waals surface area contributed by atoms with E-state index in [2.05, 4.69) is 9.97 Å². The second kappa shape index (κ2) is 6.63. The third-order valence-corrected chi connectivity index (χ3v) is 4.73. The van der Waals surface area contributed by atoms with Crippen LogP contribution in [0.3, 0.4) is 0 Å². The molecular formula is C15H13F3N4O3S. The van der Waals surface area contributed by atoms with E-state index < -0.39 is 28.8 Å². The Kier molecular flexibility index (Phi) is 4.65. The van der Waals surface area contributed by atoms with Gasteiger partial charge in [-0.15, -0.1) is 0 Å². The van der Waals surface area contributed by atoms with Crippen LogP contribution in [0.15, 0.2) is 32.9 Å². The molecule has 0 unspecified atom stereocenters. The number of nitrogens with one attached hydrogen (secondary N) is 1. The summed E-state index contributed by atoms with van der Waals surface area (Å²) in [6.45, 7) is 0. The van der Waals surface area contributed by atoms with E-state index in [4.69, 9.17) is 5.73 Å². The second-order valence-corrected chi connectivity index (χ2v) is 6.71. The Bertz CT molecular complexity index is 962. The van der Waals surface area contributed by atoms with Crippen molar-refractivity contribution >= 4 is 23.4 Å². The van der Waals surface area contributed by atoms with Crippen LogP contribution < -0.4 is 17.0 Å². The molecule has 26 heavy (non-hydrogen) atoms. The zero-order chi connectivity index (χ0) is 19.1. The number of nitrogens with two attached hydrogens (primary N) is 1. The number of anilines is 1. The number of hydrogen-bond acceptors (Lipinski definition) is 6. The van der Waals surface area contributed by atoms with Gasteiger partial charge in [0, 0.05) is 12.2 Å². The first-order valence-corrected chi connectivity index (χ1v) is 8.50. The van der Waals surface area contributed by atoms with E-state index in [1.807, 2.05) is 0 Å². The van der Waals surface area contributed by atoms with E-state index in [0.717, 1.165) is 36.7 Å². The number of carbonyl (C=O) groups excluding carboxylic acids is 1. The Hall–Kier alpha value is -2.56. The lowest BCUT2D eigenvalue weighted by atomic mass is 10.2. The number of alkyl halides is 3. The summed E-state index contributed by atoms with van der Waals surface area (Å²) in [6.07, 6.45) is -2.37. The highest BCUT2D eigenvalue weighted by molar-refractivity contribution is 7.99. The standard InChI is InChI=1S/C15H13F3N4O3S/c16-15(17,18)7-1-4-10(20-5-7)26-6-9(23)11-12(19)22(8-2-3-8)14(25)21-13(11)24/h1,4-5,8H,2-3,6,19H2,(H,21,24,25). The number of Topliss-reactive ketones (excluding diaryl/α,β-unsaturated/α-hetero) is 1. The van der Waals surface area contributed by atoms with Gasteiger partial charge in [-0.3, -0.25) is 19.1 Å². The molecule has 0 radical (unpaired) electrons. The fraction of sp³-hybridized carbons (Fsp3) is 0.333. The van der Waals surface area contributed by atoms with Gasteiger partial charge in [0.15, 0.2) is 5.78 Å². The average Bonchev–Trinajstić information content (AvgIpc) is 3.36. The lowest BCUT2D eigenvalue weighted by Gasteiger charge is -2.11. The number of thioether (sulfide) groups is 1. The minimum atomic E-state index is -4.50. The summed E-state index contributed by atoms with van der Waals surface area (Å²) in [5, 5.41) is 0.192. The first-order chi connectivity index (χ1) is 12.2. The van der Waals surface area contributed by atoms with Gasteiger partial charge < -0.3 is 5.73 Å². The summed E-state index contributed by atoms with van der Waals surface area (Å²) in [6, 6.07) is 1.86. The molecule has 1 saturated carbocycles. The van der Waals surface area contributed by atoms with Crippen molar-refractivity contribution in [2.45, 2.75) is 30.1 Å². The van der Waals surface area contributed by atoms with E-state index in [0.29, 0.717) is 6.20 Å². The number of halogens is 3. The molecule has 0 bridgehead atoms. The van der Waals surface area contributed by atoms with Crippen LogP contribution in [0, 0.1) is 0 Å². The molecule has 0 atom stereocenters. The van der Waals surface area contributed by atoms with Crippen LogP contribution in [-0.4, -0.2) is 26.1 Å². The molecule has 2 heterocycles. The quantitative estimate of drug-likeness (QED) is 0.599. The van der Waals surface area contributed by atoms with Gasteiger partial charge in [0.2, 0.25) is 0 Å². The maximum atomic E-state index is 12.5. The van der Waals surface area contributed by atoms with Crippen molar-refractivity contribution in [2.75, 3.05) is 11.5 Å². The minimum absolute atomic E-state index is 0.130. The number of nitrogens with zero attached hydrogens (tertiary/aromatic N) is 2. The van der Waals surface area contributed by atoms with E-state index in [9.17, 15) is 27.6 Å². The average molecular weight is 386 g/mol. The van der Waals surface area contributed by atoms with Crippen LogP contribution in [0.1, 0.15) is 34.8 Å². The van der Waals surface area contributed by atoms with Crippen molar-refractivity contribution in [3.63, 3.8) is 0 Å². The molecule has 138 valence electrons. The third-order valence-electron chi connectivity index (χ3n) is 3.79. The first-order valence-electron chi connectivity index (χ1n) is 7.52. The molecule has 0 spiro atoms. The number of aromatic amines is 1. The van der Waals surface area contributed by atoms with Crippen molar-refractivity contribution in [1.82, 2.24) is 14.5 Å². The second-order valence-electron chi connectivity index (χ2n) is 5.72. The highest BCUT2D eigenvalue weighted by Gasteiger charge is 2.31. The van der Waals surface area contributed by atoms with E-state index in [-0.39, 0.29) is 28.2 Å². The molecule has 1 aliphatic rings. The van der Waals surface area contributed by atoms with Crippen molar-refractivity contribution < 1.29 is 18.0 Å². The first kappa shape index (κ1) is 18.2. The van der Waals surface area contributed by atoms with E-state index >= 15 is 0 Å². The SMILES string of the molecule is Nc1c(C(=O)CSc2ccc(C(F)(F)F)cn2)c(=O)[nH]c(=O)n1C1CC1. The molecule has 1 fully saturated rings. The zero-order valence-corrected chi connectivity index (χ0v) is 14.0. The third kappa shape index (κ3) is 3.66. The summed E-state index contributed by atoms with van der Waals surface area (Å²) in [4.78, 5) is 41.8. The lowest BCUT2D eigenvalue weighted by molar-refractivity contribution is -0.137. The molecule has 11 heteroatoms. The fourth-order valence-electron chi connectivity index (χ4n) is 2.38. The van der Waals surface area contributed by atoms with Gasteiger partial charge >= 0.3 is 11.9 Å². The predicted molar refractivity (Wildman–Crippen MR) is 88.3 cm³/mol. The van der Waals surface area contributed by atoms with Crippen LogP contribution in [0.25, 0.3) is 0 Å². The largest absolute Gasteiger partial charge is 0.417 e. The van der Waals surface area contributed by atoms with Crippen LogP contribution >= 0.6 is 11.8 Å². The molecule has 0 aliphatic heterocycles. The Labute approximate surface area is 148 Å². The van der Waals surface area contributed by atoms with Gasteiger partial charge in [0.1, 0.15) is 11.4 Å². The molecule has 1 aliphatic carbocycles. The number of rotatable bonds is 5. The highest BCUT2D eigenvalue weighted by Crippen LogP contribution is 2.35. The minimum Gasteiger partial charge on any atom is -0.384 e. The number of H-pyrrole nitrogens is 1. The van der Waals surface area contributed by atoms with Crippen molar-refractivity contribution in [2.24, 2.45) is 0 Å². The van der Waals surface area contributed by atoms with E-state index in [1.165, 1.54) is 4.57 Å². The van der Waals surface area contributed by atoms with Gasteiger partial charge in [-0.2, -0.15) is 13.2 Å². The maximum absolute atomic E-state index is 12.5. The number of hydrogen-bond donors (Lipinski definition) is 2. The topological polar surface area (TPSA) is 111 Å². The highest BCUT2D eigenvalue weighted by atomic mass is 32.2. The Morgan fingerprint density at radius 1 is 1.35 bits per heavy atom. The van der Waals surface area contributed by atoms with Crippen molar-refractivity contribution in [1.29, 1.82) is 0 Å². The van der Waals surface area contributed by atoms with E-state index in [1.54, 1.807) is 0 Å². The molecule has 7 nitrogen and oxygen atoms in total. The van der Waals surface area contributed by atoms with Crippen LogP contribution in [0.2, 0.25) is 0 Å². The number of pyridine rings is 1. The summed E-state index contributed by atoms with van der Waals surface area (Å²) >= 11 is 0.870. The van der Waals surface area contributed by atoms with Gasteiger partial charge in [-0.1, -0.05) is 11.8 Å². The molecule has 3 rings (SSSR count). The number of ketones is 1. The molecule has 0 saturated heterocycles. The molecule has 2 aromatic rings. The van der Waals surface area contributed by atoms with Gasteiger partial charge in [0.25, 0.3) is 5.56 Å². The number of nitrogen functional groups attached to an aromatic ring is 1. The summed E-state index contributed by atoms with van der Waals surface area (Å²) < 4.78 is 38.7. The van der Waals surface area contributed by atoms with Crippen molar-refractivity contribution in [3.05, 3.63) is 50.3 Å². The monoisotopic (exact) mass is 386 g/mol. The predicted octanol–water partition coefficient (Wildman–Crippen LogP) is 1.84. The summed E-state index contributed by atoms with van der Waals surface area (Å²) in [5.41, 5.74) is 3.07. The molecular weight excluding hydrogens is 373 g/mol. The zero-order valence-electron chi connectivity index (χ0n) is 13.2. The maximum Gasteiger partial charge on any atom is 0.417 e. The molecule has 0 amide bonds. The molecule has 2 aromatic heterocycles. The van der Waals surface area contributed by atoms with Crippen LogP contribution in [0.4, 0.5) is 19.0 Å². The lowest BCUT2D eigenvalue weighted by Crippen LogP contribution is -2.36. The smallest absolute Gasteiger partial charge is 0.384 e.